The van der Waals surface area contributed by atoms with Gasteiger partial charge in [0, 0.05) is 17.1 Å². The molecule has 5 nitrogen and oxygen atoms in total. The van der Waals surface area contributed by atoms with E-state index in [-0.39, 0.29) is 5.91 Å². The molecule has 0 atom stereocenters. The lowest BCUT2D eigenvalue weighted by atomic mass is 10.1. The molecule has 0 saturated heterocycles. The van der Waals surface area contributed by atoms with Gasteiger partial charge in [0.15, 0.2) is 0 Å². The summed E-state index contributed by atoms with van der Waals surface area (Å²) in [4.78, 5) is 11.7. The summed E-state index contributed by atoms with van der Waals surface area (Å²) in [6.07, 6.45) is 0. The van der Waals surface area contributed by atoms with E-state index in [0.29, 0.717) is 10.7 Å². The van der Waals surface area contributed by atoms with Crippen LogP contribution in [0.15, 0.2) is 24.3 Å². The van der Waals surface area contributed by atoms with E-state index >= 15 is 0 Å². The molecule has 0 radical (unpaired) electrons. The molecule has 2 rings (SSSR count). The van der Waals surface area contributed by atoms with Crippen molar-refractivity contribution in [3.63, 3.8) is 0 Å². The third-order valence-electron chi connectivity index (χ3n) is 1.80. The normalized spacial score (nSPS) is 9.93. The Balaban J connectivity index is 2.15. The van der Waals surface area contributed by atoms with E-state index in [1.807, 2.05) is 25.1 Å². The topological polar surface area (TPSA) is 67.8 Å². The van der Waals surface area contributed by atoms with Crippen LogP contribution in [0, 0.1) is 6.92 Å². The largest absolute Gasteiger partial charge is 0.295 e. The molecule has 0 fully saturated rings. The summed E-state index contributed by atoms with van der Waals surface area (Å²) in [6.45, 7) is 1.93. The number of hydrogen-bond donors (Lipinski definition) is 1. The van der Waals surface area contributed by atoms with Gasteiger partial charge in [0.1, 0.15) is 0 Å². The minimum absolute atomic E-state index is 0.197. The van der Waals surface area contributed by atoms with E-state index in [2.05, 4.69) is 20.1 Å². The van der Waals surface area contributed by atoms with Gasteiger partial charge in [-0.3, -0.25) is 10.1 Å². The maximum atomic E-state index is 11.7. The summed E-state index contributed by atoms with van der Waals surface area (Å²) in [6, 6.07) is 7.33. The van der Waals surface area contributed by atoms with Crippen LogP contribution >= 0.6 is 11.5 Å². The molecule has 1 heterocycles. The molecule has 1 aromatic heterocycles. The zero-order chi connectivity index (χ0) is 10.7. The molecule has 76 valence electrons. The molecule has 1 aromatic carbocycles. The zero-order valence-corrected chi connectivity index (χ0v) is 8.78. The molecule has 15 heavy (non-hydrogen) atoms. The fourth-order valence-corrected chi connectivity index (χ4v) is 1.50. The summed E-state index contributed by atoms with van der Waals surface area (Å²) < 4.78 is 3.55. The lowest BCUT2D eigenvalue weighted by Crippen LogP contribution is -2.11. The van der Waals surface area contributed by atoms with Crippen LogP contribution in [-0.4, -0.2) is 20.7 Å². The Morgan fingerprint density at radius 1 is 1.47 bits per heavy atom. The Morgan fingerprint density at radius 3 is 3.00 bits per heavy atom. The molecule has 1 amide bonds. The number of rotatable bonds is 2. The van der Waals surface area contributed by atoms with Crippen molar-refractivity contribution in [2.45, 2.75) is 6.92 Å². The Hall–Kier alpha value is -1.82. The van der Waals surface area contributed by atoms with Crippen LogP contribution in [0.4, 0.5) is 5.13 Å². The third kappa shape index (κ3) is 2.35. The number of benzene rings is 1. The Bertz CT molecular complexity index is 469. The van der Waals surface area contributed by atoms with Crippen LogP contribution in [0.5, 0.6) is 0 Å². The van der Waals surface area contributed by atoms with Crippen molar-refractivity contribution in [1.29, 1.82) is 0 Å². The van der Waals surface area contributed by atoms with E-state index in [1.54, 1.807) is 6.07 Å². The Labute approximate surface area is 90.3 Å². The lowest BCUT2D eigenvalue weighted by molar-refractivity contribution is 0.102. The van der Waals surface area contributed by atoms with Crippen molar-refractivity contribution >= 4 is 22.6 Å². The molecule has 6 heteroatoms. The first-order valence-electron chi connectivity index (χ1n) is 4.29. The first kappa shape index (κ1) is 9.72. The minimum atomic E-state index is -0.197. The maximum Gasteiger partial charge on any atom is 0.257 e. The minimum Gasteiger partial charge on any atom is -0.295 e. The van der Waals surface area contributed by atoms with Crippen molar-refractivity contribution in [3.8, 4) is 0 Å². The average molecular weight is 220 g/mol. The molecule has 0 saturated carbocycles. The van der Waals surface area contributed by atoms with E-state index in [9.17, 15) is 4.79 Å². The summed E-state index contributed by atoms with van der Waals surface area (Å²) >= 11 is 1.05. The van der Waals surface area contributed by atoms with E-state index in [4.69, 9.17) is 0 Å². The van der Waals surface area contributed by atoms with Gasteiger partial charge >= 0.3 is 0 Å². The number of nitrogens with zero attached hydrogens (tertiary/aromatic N) is 3. The lowest BCUT2D eigenvalue weighted by Gasteiger charge is -2.01. The number of carbonyl (C=O) groups is 1. The van der Waals surface area contributed by atoms with Crippen LogP contribution < -0.4 is 5.32 Å². The molecule has 0 spiro atoms. The number of aryl methyl sites for hydroxylation is 1. The molecular weight excluding hydrogens is 212 g/mol. The highest BCUT2D eigenvalue weighted by Crippen LogP contribution is 2.09. The van der Waals surface area contributed by atoms with Gasteiger partial charge in [0.25, 0.3) is 5.91 Å². The average Bonchev–Trinajstić information content (AvgIpc) is 2.70. The standard InChI is InChI=1S/C9H8N4OS/c1-6-3-2-4-7(5-6)8(14)10-9-11-12-13-15-9/h2-5H,1H3,(H,10,11,13,14). The maximum absolute atomic E-state index is 11.7. The summed E-state index contributed by atoms with van der Waals surface area (Å²) in [7, 11) is 0. The van der Waals surface area contributed by atoms with Crippen LogP contribution in [0.1, 0.15) is 15.9 Å². The van der Waals surface area contributed by atoms with E-state index in [1.165, 1.54) is 0 Å². The van der Waals surface area contributed by atoms with Crippen molar-refractivity contribution in [1.82, 2.24) is 14.8 Å². The van der Waals surface area contributed by atoms with Gasteiger partial charge in [-0.1, -0.05) is 27.3 Å². The highest BCUT2D eigenvalue weighted by molar-refractivity contribution is 7.09. The number of nitrogens with one attached hydrogen (secondary N) is 1. The monoisotopic (exact) mass is 220 g/mol. The number of anilines is 1. The molecule has 2 aromatic rings. The Kier molecular flexibility index (Phi) is 2.68. The number of aromatic nitrogens is 3. The fraction of sp³-hybridized carbons (Fsp3) is 0.111. The van der Waals surface area contributed by atoms with Gasteiger partial charge in [-0.05, 0) is 24.3 Å². The SMILES string of the molecule is Cc1cccc(C(=O)Nc2nnns2)c1. The first-order chi connectivity index (χ1) is 7.25. The number of amides is 1. The first-order valence-corrected chi connectivity index (χ1v) is 5.06. The van der Waals surface area contributed by atoms with Gasteiger partial charge in [-0.2, -0.15) is 0 Å². The molecular formula is C9H8N4OS. The predicted molar refractivity (Wildman–Crippen MR) is 56.8 cm³/mol. The second-order valence-corrected chi connectivity index (χ2v) is 3.72. The van der Waals surface area contributed by atoms with Crippen LogP contribution in [-0.2, 0) is 0 Å². The van der Waals surface area contributed by atoms with E-state index in [0.717, 1.165) is 17.1 Å². The van der Waals surface area contributed by atoms with Crippen molar-refractivity contribution < 1.29 is 4.79 Å². The van der Waals surface area contributed by atoms with Gasteiger partial charge in [0.05, 0.1) is 0 Å². The molecule has 0 aliphatic heterocycles. The molecule has 1 N–H and O–H groups in total. The molecule has 0 unspecified atom stereocenters. The van der Waals surface area contributed by atoms with Crippen molar-refractivity contribution in [2.75, 3.05) is 5.32 Å². The summed E-state index contributed by atoms with van der Waals surface area (Å²) in [5.41, 5.74) is 1.64. The highest BCUT2D eigenvalue weighted by atomic mass is 32.1. The van der Waals surface area contributed by atoms with Crippen LogP contribution in [0.3, 0.4) is 0 Å². The van der Waals surface area contributed by atoms with Crippen LogP contribution in [0.2, 0.25) is 0 Å². The quantitative estimate of drug-likeness (QED) is 0.832. The number of hydrogen-bond acceptors (Lipinski definition) is 5. The second kappa shape index (κ2) is 4.14. The fourth-order valence-electron chi connectivity index (χ4n) is 1.14. The second-order valence-electron chi connectivity index (χ2n) is 2.99. The molecule has 0 aliphatic carbocycles. The summed E-state index contributed by atoms with van der Waals surface area (Å²) in [5, 5.41) is 10.0. The van der Waals surface area contributed by atoms with Gasteiger partial charge in [0.2, 0.25) is 5.13 Å². The van der Waals surface area contributed by atoms with Crippen molar-refractivity contribution in [2.24, 2.45) is 0 Å². The van der Waals surface area contributed by atoms with Gasteiger partial charge in [-0.15, -0.1) is 0 Å². The third-order valence-corrected chi connectivity index (χ3v) is 2.31. The molecule has 0 aliphatic rings. The van der Waals surface area contributed by atoms with E-state index < -0.39 is 0 Å². The van der Waals surface area contributed by atoms with Gasteiger partial charge in [-0.25, -0.2) is 0 Å². The van der Waals surface area contributed by atoms with Gasteiger partial charge < -0.3 is 0 Å². The Morgan fingerprint density at radius 2 is 2.33 bits per heavy atom. The van der Waals surface area contributed by atoms with Crippen molar-refractivity contribution in [3.05, 3.63) is 35.4 Å². The predicted octanol–water partition coefficient (Wildman–Crippen LogP) is 1.49. The van der Waals surface area contributed by atoms with Crippen LogP contribution in [0.25, 0.3) is 0 Å². The number of carbonyl (C=O) groups excluding carboxylic acids is 1. The smallest absolute Gasteiger partial charge is 0.257 e. The highest BCUT2D eigenvalue weighted by Gasteiger charge is 2.07. The summed E-state index contributed by atoms with van der Waals surface area (Å²) in [5.74, 6) is -0.197. The molecule has 0 bridgehead atoms. The zero-order valence-electron chi connectivity index (χ0n) is 7.97.